The number of ether oxygens (including phenoxy) is 2. The van der Waals surface area contributed by atoms with Gasteiger partial charge in [-0.1, -0.05) is 0 Å². The first-order chi connectivity index (χ1) is 12.6. The van der Waals surface area contributed by atoms with Crippen molar-refractivity contribution in [3.63, 3.8) is 0 Å². The highest BCUT2D eigenvalue weighted by molar-refractivity contribution is 5.51. The lowest BCUT2D eigenvalue weighted by molar-refractivity contribution is -0.816. The molecule has 2 aromatic rings. The minimum atomic E-state index is -0.941. The van der Waals surface area contributed by atoms with Crippen LogP contribution in [-0.2, 0) is 15.1 Å². The Morgan fingerprint density at radius 1 is 1.23 bits per heavy atom. The second kappa shape index (κ2) is 5.33. The molecule has 26 heavy (non-hydrogen) atoms. The third-order valence-corrected chi connectivity index (χ3v) is 6.19. The van der Waals surface area contributed by atoms with Crippen molar-refractivity contribution in [1.82, 2.24) is 0 Å². The molecule has 1 aliphatic carbocycles. The summed E-state index contributed by atoms with van der Waals surface area (Å²) in [6, 6.07) is 9.32. The summed E-state index contributed by atoms with van der Waals surface area (Å²) < 4.78 is 40.8. The Morgan fingerprint density at radius 2 is 2.12 bits per heavy atom. The number of carbonyl (C=O) groups is 1. The summed E-state index contributed by atoms with van der Waals surface area (Å²) in [5.41, 5.74) is 0.633. The fraction of sp³-hybridized carbons (Fsp3) is 0.400. The Balaban J connectivity index is 1.52. The summed E-state index contributed by atoms with van der Waals surface area (Å²) in [7, 11) is 0. The molecule has 3 unspecified atom stereocenters. The van der Waals surface area contributed by atoms with Crippen LogP contribution in [0.25, 0.3) is 0 Å². The van der Waals surface area contributed by atoms with Gasteiger partial charge in [0.2, 0.25) is 17.3 Å². The molecule has 6 rings (SSSR count). The highest BCUT2D eigenvalue weighted by Crippen LogP contribution is 2.62. The molecule has 3 aliphatic heterocycles. The van der Waals surface area contributed by atoms with Crippen molar-refractivity contribution < 1.29 is 27.6 Å². The molecule has 1 saturated carbocycles. The number of aromatic nitrogens is 1. The van der Waals surface area contributed by atoms with Gasteiger partial charge in [-0.2, -0.15) is 4.57 Å². The summed E-state index contributed by atoms with van der Waals surface area (Å²) in [4.78, 5) is 11.1. The van der Waals surface area contributed by atoms with Gasteiger partial charge < -0.3 is 14.3 Å². The van der Waals surface area contributed by atoms with Gasteiger partial charge >= 0.3 is 5.88 Å². The van der Waals surface area contributed by atoms with E-state index in [4.69, 9.17) is 9.47 Å². The van der Waals surface area contributed by atoms with Gasteiger partial charge in [0.25, 0.3) is 0 Å². The maximum absolute atomic E-state index is 13.5. The maximum atomic E-state index is 13.5. The van der Waals surface area contributed by atoms with Gasteiger partial charge in [-0.15, -0.1) is 0 Å². The molecule has 6 heteroatoms. The summed E-state index contributed by atoms with van der Waals surface area (Å²) >= 11 is 0. The number of nitrogens with zero attached hydrogens (tertiary/aromatic N) is 1. The normalized spacial score (nSPS) is 30.9. The lowest BCUT2D eigenvalue weighted by Gasteiger charge is -2.57. The number of carbonyl (C=O) groups excluding carboxylic acids is 1. The number of aldehydes is 1. The molecule has 4 heterocycles. The Kier molecular flexibility index (Phi) is 3.26. The van der Waals surface area contributed by atoms with Crippen LogP contribution in [0.3, 0.4) is 0 Å². The molecule has 3 atom stereocenters. The molecule has 134 valence electrons. The van der Waals surface area contributed by atoms with Crippen LogP contribution in [0, 0.1) is 17.0 Å². The molecular formula is C20H18F2NO3+. The lowest BCUT2D eigenvalue weighted by Crippen LogP contribution is -2.74. The molecule has 0 N–H and O–H groups in total. The van der Waals surface area contributed by atoms with Crippen molar-refractivity contribution in [3.8, 4) is 11.6 Å². The first kappa shape index (κ1) is 15.9. The zero-order valence-corrected chi connectivity index (χ0v) is 14.1. The minimum Gasteiger partial charge on any atom is -0.405 e. The molecule has 0 radical (unpaired) electrons. The molecule has 2 bridgehead atoms. The van der Waals surface area contributed by atoms with Crippen molar-refractivity contribution in [1.29, 1.82) is 0 Å². The van der Waals surface area contributed by atoms with E-state index in [1.807, 2.05) is 18.2 Å². The highest BCUT2D eigenvalue weighted by atomic mass is 19.2. The largest absolute Gasteiger partial charge is 0.405 e. The fourth-order valence-electron chi connectivity index (χ4n) is 4.82. The van der Waals surface area contributed by atoms with Crippen LogP contribution in [-0.4, -0.2) is 12.9 Å². The van der Waals surface area contributed by atoms with Crippen molar-refractivity contribution >= 4 is 6.29 Å². The Morgan fingerprint density at radius 3 is 2.85 bits per heavy atom. The van der Waals surface area contributed by atoms with Crippen LogP contribution in [0.2, 0.25) is 0 Å². The first-order valence-electron chi connectivity index (χ1n) is 8.83. The van der Waals surface area contributed by atoms with Gasteiger partial charge in [-0.25, -0.2) is 8.78 Å². The van der Waals surface area contributed by atoms with Crippen LogP contribution in [0.5, 0.6) is 11.6 Å². The average molecular weight is 358 g/mol. The Labute approximate surface area is 149 Å². The molecule has 1 aromatic heterocycles. The van der Waals surface area contributed by atoms with E-state index in [9.17, 15) is 13.6 Å². The SMILES string of the molecule is O=CCC12CCC3(OC1)c1cccc(Oc4ccc(F)c(F)c4)[n+]1C3C2. The third-order valence-electron chi connectivity index (χ3n) is 6.19. The monoisotopic (exact) mass is 358 g/mol. The number of pyridine rings is 1. The van der Waals surface area contributed by atoms with Gasteiger partial charge in [-0.3, -0.25) is 0 Å². The van der Waals surface area contributed by atoms with E-state index in [1.54, 1.807) is 0 Å². The quantitative estimate of drug-likeness (QED) is 0.619. The van der Waals surface area contributed by atoms with Gasteiger partial charge in [0.05, 0.1) is 12.7 Å². The third kappa shape index (κ3) is 2.02. The van der Waals surface area contributed by atoms with E-state index in [-0.39, 0.29) is 22.8 Å². The fourth-order valence-corrected chi connectivity index (χ4v) is 4.82. The number of rotatable bonds is 4. The predicted molar refractivity (Wildman–Crippen MR) is 86.7 cm³/mol. The van der Waals surface area contributed by atoms with Crippen molar-refractivity contribution in [2.75, 3.05) is 6.61 Å². The smallest absolute Gasteiger partial charge is 0.373 e. The van der Waals surface area contributed by atoms with Gasteiger partial charge in [0, 0.05) is 30.4 Å². The summed E-state index contributed by atoms with van der Waals surface area (Å²) in [6.45, 7) is 0.608. The van der Waals surface area contributed by atoms with Gasteiger partial charge in [0.1, 0.15) is 12.0 Å². The molecular weight excluding hydrogens is 340 g/mol. The summed E-state index contributed by atoms with van der Waals surface area (Å²) in [5, 5.41) is 0. The van der Waals surface area contributed by atoms with Crippen molar-refractivity contribution in [2.24, 2.45) is 5.41 Å². The zero-order chi connectivity index (χ0) is 17.9. The number of hydrogen-bond donors (Lipinski definition) is 0. The average Bonchev–Trinajstić information content (AvgIpc) is 2.64. The van der Waals surface area contributed by atoms with Crippen LogP contribution in [0.15, 0.2) is 36.4 Å². The molecule has 4 nitrogen and oxygen atoms in total. The van der Waals surface area contributed by atoms with E-state index in [2.05, 4.69) is 4.57 Å². The molecule has 1 aromatic carbocycles. The van der Waals surface area contributed by atoms with Crippen LogP contribution >= 0.6 is 0 Å². The van der Waals surface area contributed by atoms with E-state index >= 15 is 0 Å². The molecule has 1 spiro atoms. The van der Waals surface area contributed by atoms with Gasteiger partial charge in [-0.05, 0) is 31.0 Å². The van der Waals surface area contributed by atoms with Gasteiger partial charge in [0.15, 0.2) is 11.6 Å². The highest BCUT2D eigenvalue weighted by Gasteiger charge is 2.71. The van der Waals surface area contributed by atoms with E-state index < -0.39 is 11.6 Å². The molecule has 3 fully saturated rings. The topological polar surface area (TPSA) is 39.4 Å². The second-order valence-electron chi connectivity index (χ2n) is 7.57. The number of hydrogen-bond acceptors (Lipinski definition) is 3. The van der Waals surface area contributed by atoms with E-state index in [1.165, 1.54) is 6.07 Å². The number of fused-ring (bicyclic) bond motifs is 3. The standard InChI is InChI=1S/C20H18F2NO3/c21-14-5-4-13(10-15(14)22)26-18-3-1-2-16-20-7-6-19(8-9-24,12-25-20)11-17(20)23(16)18/h1-5,9-10,17H,6-8,11-12H2/q+1. The van der Waals surface area contributed by atoms with Crippen molar-refractivity contribution in [2.45, 2.75) is 37.3 Å². The molecule has 4 aliphatic rings. The van der Waals surface area contributed by atoms with Crippen LogP contribution < -0.4 is 9.30 Å². The molecule has 2 saturated heterocycles. The first-order valence-corrected chi connectivity index (χ1v) is 8.83. The van der Waals surface area contributed by atoms with Crippen molar-refractivity contribution in [3.05, 3.63) is 53.7 Å². The van der Waals surface area contributed by atoms with Crippen LogP contribution in [0.1, 0.15) is 37.4 Å². The Bertz CT molecular complexity index is 906. The van der Waals surface area contributed by atoms with Crippen LogP contribution in [0.4, 0.5) is 8.78 Å². The summed E-state index contributed by atoms with van der Waals surface area (Å²) in [5.74, 6) is -1.03. The minimum absolute atomic E-state index is 0.0986. The van der Waals surface area contributed by atoms with E-state index in [0.717, 1.165) is 43.4 Å². The predicted octanol–water partition coefficient (Wildman–Crippen LogP) is 3.58. The zero-order valence-electron chi connectivity index (χ0n) is 14.1. The molecule has 0 amide bonds. The van der Waals surface area contributed by atoms with E-state index in [0.29, 0.717) is 18.9 Å². The maximum Gasteiger partial charge on any atom is 0.373 e. The Hall–Kier alpha value is -2.34. The number of halogens is 2. The second-order valence-corrected chi connectivity index (χ2v) is 7.57. The number of benzene rings is 1. The summed E-state index contributed by atoms with van der Waals surface area (Å²) in [6.07, 6.45) is 4.22. The lowest BCUT2D eigenvalue weighted by atomic mass is 9.58.